The summed E-state index contributed by atoms with van der Waals surface area (Å²) in [5, 5.41) is 1.01. The first-order chi connectivity index (χ1) is 18.0. The summed E-state index contributed by atoms with van der Waals surface area (Å²) >= 11 is 0. The summed E-state index contributed by atoms with van der Waals surface area (Å²) in [7, 11) is 0. The number of aromatic nitrogens is 2. The van der Waals surface area contributed by atoms with Crippen molar-refractivity contribution >= 4 is 22.2 Å². The Morgan fingerprint density at radius 3 is 2.62 bits per heavy atom. The highest BCUT2D eigenvalue weighted by molar-refractivity contribution is 5.93. The summed E-state index contributed by atoms with van der Waals surface area (Å²) in [5.41, 5.74) is 15.5. The van der Waals surface area contributed by atoms with Gasteiger partial charge in [-0.1, -0.05) is 30.9 Å². The third-order valence-corrected chi connectivity index (χ3v) is 7.10. The third kappa shape index (κ3) is 5.57. The number of benzene rings is 2. The van der Waals surface area contributed by atoms with E-state index >= 15 is 0 Å². The highest BCUT2D eigenvalue weighted by Crippen LogP contribution is 2.30. The Kier molecular flexibility index (Phi) is 7.33. The van der Waals surface area contributed by atoms with Crippen LogP contribution in [0.1, 0.15) is 36.6 Å². The molecule has 1 saturated heterocycles. The zero-order valence-electron chi connectivity index (χ0n) is 21.3. The molecule has 1 aliphatic heterocycles. The largest absolute Gasteiger partial charge is 0.398 e. The minimum Gasteiger partial charge on any atom is -0.398 e. The topological polar surface area (TPSA) is 57.9 Å². The van der Waals surface area contributed by atoms with Crippen LogP contribution in [0.3, 0.4) is 0 Å². The number of hydrogen-bond acceptors (Lipinski definition) is 3. The van der Waals surface area contributed by atoms with Crippen molar-refractivity contribution in [1.29, 1.82) is 0 Å². The molecule has 0 spiro atoms. The Bertz CT molecular complexity index is 1470. The molecule has 3 heterocycles. The molecular weight excluding hydrogens is 459 g/mol. The zero-order valence-corrected chi connectivity index (χ0v) is 21.3. The van der Waals surface area contributed by atoms with E-state index in [1.54, 1.807) is 18.3 Å². The van der Waals surface area contributed by atoms with E-state index in [9.17, 15) is 4.39 Å². The quantitative estimate of drug-likeness (QED) is 0.203. The lowest BCUT2D eigenvalue weighted by molar-refractivity contribution is 0.371. The van der Waals surface area contributed by atoms with Crippen LogP contribution < -0.4 is 5.73 Å². The molecule has 4 nitrogen and oxygen atoms in total. The number of hydrogen-bond donors (Lipinski definition) is 2. The fourth-order valence-electron chi connectivity index (χ4n) is 5.09. The van der Waals surface area contributed by atoms with E-state index in [2.05, 4.69) is 58.7 Å². The van der Waals surface area contributed by atoms with Crippen molar-refractivity contribution in [3.63, 3.8) is 0 Å². The first kappa shape index (κ1) is 24.7. The van der Waals surface area contributed by atoms with Crippen LogP contribution in [0.5, 0.6) is 0 Å². The Balaban J connectivity index is 1.42. The molecule has 0 radical (unpaired) electrons. The summed E-state index contributed by atoms with van der Waals surface area (Å²) in [5.74, 6) is -0.257. The van der Waals surface area contributed by atoms with Crippen LogP contribution in [-0.2, 0) is 6.42 Å². The summed E-state index contributed by atoms with van der Waals surface area (Å²) in [6, 6.07) is 16.8. The van der Waals surface area contributed by atoms with Gasteiger partial charge in [0.1, 0.15) is 5.82 Å². The zero-order chi connectivity index (χ0) is 25.8. The molecule has 0 bridgehead atoms. The molecule has 1 aliphatic rings. The average Bonchev–Trinajstić information content (AvgIpc) is 3.58. The molecule has 37 heavy (non-hydrogen) atoms. The monoisotopic (exact) mass is 492 g/mol. The Labute approximate surface area is 218 Å². The molecule has 0 aliphatic carbocycles. The number of H-pyrrole nitrogens is 1. The Morgan fingerprint density at radius 2 is 1.89 bits per heavy atom. The number of nitrogen functional groups attached to an aromatic ring is 1. The predicted molar refractivity (Wildman–Crippen MR) is 153 cm³/mol. The lowest BCUT2D eigenvalue weighted by Gasteiger charge is -2.16. The van der Waals surface area contributed by atoms with Gasteiger partial charge in [-0.3, -0.25) is 9.88 Å². The molecule has 188 valence electrons. The molecule has 0 unspecified atom stereocenters. The molecule has 0 amide bonds. The molecule has 5 heteroatoms. The lowest BCUT2D eigenvalue weighted by Crippen LogP contribution is -2.21. The van der Waals surface area contributed by atoms with Gasteiger partial charge in [0.25, 0.3) is 0 Å². The number of nitrogens with two attached hydrogens (primary N) is 1. The van der Waals surface area contributed by atoms with E-state index in [-0.39, 0.29) is 5.82 Å². The highest BCUT2D eigenvalue weighted by Gasteiger charge is 2.14. The number of allylic oxidation sites excluding steroid dienone is 3. The van der Waals surface area contributed by atoms with Crippen molar-refractivity contribution in [3.05, 3.63) is 114 Å². The average molecular weight is 493 g/mol. The van der Waals surface area contributed by atoms with E-state index < -0.39 is 0 Å². The smallest absolute Gasteiger partial charge is 0.123 e. The van der Waals surface area contributed by atoms with Crippen molar-refractivity contribution in [1.82, 2.24) is 14.9 Å². The van der Waals surface area contributed by atoms with Gasteiger partial charge in [-0.2, -0.15) is 0 Å². The molecule has 5 rings (SSSR count). The molecule has 2 aromatic carbocycles. The first-order valence-corrected chi connectivity index (χ1v) is 12.9. The number of aromatic amines is 1. The van der Waals surface area contributed by atoms with Gasteiger partial charge in [0.2, 0.25) is 0 Å². The van der Waals surface area contributed by atoms with Gasteiger partial charge in [0, 0.05) is 47.0 Å². The number of nitrogens with zero attached hydrogens (tertiary/aromatic N) is 2. The van der Waals surface area contributed by atoms with Gasteiger partial charge < -0.3 is 10.7 Å². The SMILES string of the molecule is C=C/C(=C\C(=C/C)c1ccc(N)c(Cc2cc3c(-c4ccc(F)cc4)nccc3[nH]2)c1)CN1CCCC1. The van der Waals surface area contributed by atoms with E-state index in [4.69, 9.17) is 5.73 Å². The van der Waals surface area contributed by atoms with Crippen molar-refractivity contribution in [2.45, 2.75) is 26.2 Å². The van der Waals surface area contributed by atoms with Crippen molar-refractivity contribution in [3.8, 4) is 11.3 Å². The van der Waals surface area contributed by atoms with Crippen LogP contribution in [-0.4, -0.2) is 34.5 Å². The van der Waals surface area contributed by atoms with Crippen molar-refractivity contribution < 1.29 is 4.39 Å². The number of fused-ring (bicyclic) bond motifs is 1. The van der Waals surface area contributed by atoms with Gasteiger partial charge in [-0.25, -0.2) is 4.39 Å². The fourth-order valence-corrected chi connectivity index (χ4v) is 5.09. The molecule has 1 fully saturated rings. The maximum Gasteiger partial charge on any atom is 0.123 e. The summed E-state index contributed by atoms with van der Waals surface area (Å²) < 4.78 is 13.4. The molecule has 3 N–H and O–H groups in total. The normalized spacial score (nSPS) is 15.0. The second-order valence-corrected chi connectivity index (χ2v) is 9.66. The maximum atomic E-state index is 13.4. The van der Waals surface area contributed by atoms with Crippen molar-refractivity contribution in [2.24, 2.45) is 0 Å². The first-order valence-electron chi connectivity index (χ1n) is 12.9. The van der Waals surface area contributed by atoms with Crippen LogP contribution >= 0.6 is 0 Å². The van der Waals surface area contributed by atoms with Gasteiger partial charge in [-0.05, 0) is 104 Å². The number of likely N-dealkylation sites (tertiary alicyclic amines) is 1. The fraction of sp³-hybridized carbons (Fsp3) is 0.219. The molecule has 0 saturated carbocycles. The van der Waals surface area contributed by atoms with E-state index in [0.29, 0.717) is 6.42 Å². The maximum absolute atomic E-state index is 13.4. The number of anilines is 1. The van der Waals surface area contributed by atoms with Gasteiger partial charge in [-0.15, -0.1) is 0 Å². The standard InChI is InChI=1S/C32H33FN4/c1-3-22(21-37-15-5-6-16-37)17-23(4-2)25-9-12-30(34)26(18-25)19-28-20-29-31(36-28)13-14-35-32(29)24-7-10-27(33)11-8-24/h3-4,7-14,17-18,20,36H,1,5-6,15-16,19,21,34H2,2H3/b22-17+,23-4+. The molecule has 0 atom stereocenters. The second-order valence-electron chi connectivity index (χ2n) is 9.66. The van der Waals surface area contributed by atoms with Crippen LogP contribution in [0.2, 0.25) is 0 Å². The summed E-state index contributed by atoms with van der Waals surface area (Å²) in [6.45, 7) is 9.37. The van der Waals surface area contributed by atoms with Crippen molar-refractivity contribution in [2.75, 3.05) is 25.4 Å². The predicted octanol–water partition coefficient (Wildman–Crippen LogP) is 7.15. The summed E-state index contributed by atoms with van der Waals surface area (Å²) in [6.07, 6.45) is 11.4. The highest BCUT2D eigenvalue weighted by atomic mass is 19.1. The molecule has 2 aromatic heterocycles. The van der Waals surface area contributed by atoms with Crippen LogP contribution in [0, 0.1) is 5.82 Å². The van der Waals surface area contributed by atoms with Gasteiger partial charge in [0.15, 0.2) is 0 Å². The van der Waals surface area contributed by atoms with Crippen LogP contribution in [0.15, 0.2) is 91.2 Å². The minimum absolute atomic E-state index is 0.257. The Hall–Kier alpha value is -3.96. The van der Waals surface area contributed by atoms with Gasteiger partial charge in [0.05, 0.1) is 5.69 Å². The van der Waals surface area contributed by atoms with Crippen LogP contribution in [0.25, 0.3) is 27.7 Å². The minimum atomic E-state index is -0.257. The summed E-state index contributed by atoms with van der Waals surface area (Å²) in [4.78, 5) is 10.6. The molecule has 4 aromatic rings. The van der Waals surface area contributed by atoms with E-state index in [1.165, 1.54) is 30.5 Å². The molecular formula is C32H33FN4. The third-order valence-electron chi connectivity index (χ3n) is 7.10. The number of nitrogens with one attached hydrogen (secondary N) is 1. The van der Waals surface area contributed by atoms with E-state index in [1.807, 2.05) is 18.2 Å². The van der Waals surface area contributed by atoms with Crippen LogP contribution in [0.4, 0.5) is 10.1 Å². The Morgan fingerprint density at radius 1 is 1.11 bits per heavy atom. The lowest BCUT2D eigenvalue weighted by atomic mass is 9.97. The number of rotatable bonds is 8. The number of pyridine rings is 1. The number of halogens is 1. The van der Waals surface area contributed by atoms with E-state index in [0.717, 1.165) is 69.9 Å². The second kappa shape index (κ2) is 11.0. The van der Waals surface area contributed by atoms with Gasteiger partial charge >= 0.3 is 0 Å².